The number of alkyl halides is 9. The van der Waals surface area contributed by atoms with Crippen LogP contribution in [0.25, 0.3) is 0 Å². The number of aliphatic hydroxyl groups is 1. The van der Waals surface area contributed by atoms with Gasteiger partial charge < -0.3 is 24.1 Å². The molecule has 0 aromatic heterocycles. The van der Waals surface area contributed by atoms with Gasteiger partial charge in [-0.3, -0.25) is 0 Å². The van der Waals surface area contributed by atoms with Crippen molar-refractivity contribution in [3.63, 3.8) is 0 Å². The van der Waals surface area contributed by atoms with Crippen LogP contribution in [0.2, 0.25) is 0 Å². The molecule has 0 aliphatic heterocycles. The van der Waals surface area contributed by atoms with E-state index in [0.717, 1.165) is 46.0 Å². The van der Waals surface area contributed by atoms with Gasteiger partial charge in [0, 0.05) is 2.85 Å². The highest BCUT2D eigenvalue weighted by molar-refractivity contribution is 5.34. The minimum atomic E-state index is -4.86. The normalized spacial score (nSPS) is 11.3. The molecular weight excluding hydrogens is 1050 g/mol. The predicted octanol–water partition coefficient (Wildman–Crippen LogP) is 20.2. The standard InChI is InChI=1S/C10H10F4O.C10H11F3O.C10H11F3.3C10H13FO.2H2/c1-6(2)7-3-4-9(8(11)5-7)15-10(12,13)14;1-7(2)8-4-3-5-9(6-8)14-10(11,12)13;1-7(2)8-4-3-5-9(6-8)10(11,12)13;1-7(2)9-3-8(6-12)4-10(11)5-9;1-7(2)8-4-5-10(12-3)9(11)6-8;1-7(2)8-4-5-9(11)10(6-8)12-3;;/h3-6H,1-2H3;3-7H,1-2H3;3-7H,1-2H3;3-5,7,12H,6H2,1-2H3;2*4-7H,1-3H3;2*1H. The predicted molar refractivity (Wildman–Crippen MR) is 285 cm³/mol. The van der Waals surface area contributed by atoms with E-state index >= 15 is 0 Å². The first-order valence-electron chi connectivity index (χ1n) is 24.7. The van der Waals surface area contributed by atoms with Crippen LogP contribution in [0, 0.1) is 23.3 Å². The Morgan fingerprint density at radius 3 is 1.22 bits per heavy atom. The van der Waals surface area contributed by atoms with Crippen molar-refractivity contribution in [3.05, 3.63) is 189 Å². The number of rotatable bonds is 11. The Hall–Kier alpha value is -6.43. The number of benzene rings is 6. The Kier molecular flexibility index (Phi) is 29.0. The number of hydrogen-bond acceptors (Lipinski definition) is 5. The zero-order valence-electron chi connectivity index (χ0n) is 46.2. The zero-order valence-corrected chi connectivity index (χ0v) is 46.2. The van der Waals surface area contributed by atoms with E-state index in [1.54, 1.807) is 36.4 Å². The Balaban J connectivity index is 0. The summed E-state index contributed by atoms with van der Waals surface area (Å²) in [5.74, 6) is -0.782. The molecule has 0 aliphatic rings. The maximum Gasteiger partial charge on any atom is 0.573 e. The Morgan fingerprint density at radius 2 is 0.808 bits per heavy atom. The molecule has 0 fully saturated rings. The largest absolute Gasteiger partial charge is 0.573 e. The molecule has 0 bridgehead atoms. The minimum Gasteiger partial charge on any atom is -0.494 e. The molecule has 1 N–H and O–H groups in total. The first-order valence-corrected chi connectivity index (χ1v) is 24.7. The number of hydrogen-bond donors (Lipinski definition) is 1. The van der Waals surface area contributed by atoms with Crippen molar-refractivity contribution >= 4 is 0 Å². The molecule has 0 saturated carbocycles. The third-order valence-corrected chi connectivity index (χ3v) is 11.0. The molecule has 6 rings (SSSR count). The van der Waals surface area contributed by atoms with Gasteiger partial charge in [-0.15, -0.1) is 26.3 Å². The van der Waals surface area contributed by atoms with Gasteiger partial charge in [0.15, 0.2) is 34.7 Å². The Labute approximate surface area is 453 Å². The van der Waals surface area contributed by atoms with Crippen molar-refractivity contribution in [1.29, 1.82) is 0 Å². The summed E-state index contributed by atoms with van der Waals surface area (Å²) >= 11 is 0. The maximum atomic E-state index is 13.1. The lowest BCUT2D eigenvalue weighted by molar-refractivity contribution is -0.276. The summed E-state index contributed by atoms with van der Waals surface area (Å²) < 4.78 is 177. The molecule has 5 nitrogen and oxygen atoms in total. The van der Waals surface area contributed by atoms with E-state index in [9.17, 15) is 57.1 Å². The van der Waals surface area contributed by atoms with E-state index in [-0.39, 0.29) is 50.4 Å². The van der Waals surface area contributed by atoms with E-state index in [1.807, 2.05) is 81.4 Å². The quantitative estimate of drug-likeness (QED) is 0.131. The van der Waals surface area contributed by atoms with Gasteiger partial charge in [-0.25, -0.2) is 17.6 Å². The van der Waals surface area contributed by atoms with Crippen molar-refractivity contribution in [3.8, 4) is 23.0 Å². The highest BCUT2D eigenvalue weighted by atomic mass is 19.4. The van der Waals surface area contributed by atoms with Crippen LogP contribution in [-0.2, 0) is 12.8 Å². The Morgan fingerprint density at radius 1 is 0.397 bits per heavy atom. The molecule has 0 unspecified atom stereocenters. The van der Waals surface area contributed by atoms with E-state index in [0.29, 0.717) is 40.4 Å². The lowest BCUT2D eigenvalue weighted by Crippen LogP contribution is -2.18. The number of methoxy groups -OCH3 is 2. The molecule has 0 atom stereocenters. The van der Waals surface area contributed by atoms with Gasteiger partial charge in [0.05, 0.1) is 26.4 Å². The molecule has 18 heteroatoms. The van der Waals surface area contributed by atoms with Crippen molar-refractivity contribution in [2.45, 2.75) is 144 Å². The highest BCUT2D eigenvalue weighted by Crippen LogP contribution is 2.32. The topological polar surface area (TPSA) is 57.2 Å². The Bertz CT molecular complexity index is 2710. The second-order valence-corrected chi connectivity index (χ2v) is 19.2. The summed E-state index contributed by atoms with van der Waals surface area (Å²) in [6.45, 7) is 23.3. The molecular formula is C60H75F13O5. The lowest BCUT2D eigenvalue weighted by atomic mass is 10.0. The molecule has 0 saturated heterocycles. The lowest BCUT2D eigenvalue weighted by Gasteiger charge is -2.11. The van der Waals surface area contributed by atoms with Crippen LogP contribution < -0.4 is 18.9 Å². The SMILES string of the molecule is CC(C)c1cc(F)cc(CO)c1.CC(C)c1ccc(OC(F)(F)F)c(F)c1.CC(C)c1cccc(C(F)(F)F)c1.CC(C)c1cccc(OC(F)(F)F)c1.COc1cc(C(C)C)ccc1F.COc1ccc(C(C)C)cc1F.[HH].[HH]. The smallest absolute Gasteiger partial charge is 0.494 e. The molecule has 0 aliphatic carbocycles. The molecule has 0 spiro atoms. The third kappa shape index (κ3) is 26.8. The average Bonchev–Trinajstić information content (AvgIpc) is 3.34. The summed E-state index contributed by atoms with van der Waals surface area (Å²) in [4.78, 5) is 0. The molecule has 436 valence electrons. The van der Waals surface area contributed by atoms with Gasteiger partial charge in [-0.2, -0.15) is 13.2 Å². The van der Waals surface area contributed by atoms with Crippen LogP contribution in [0.5, 0.6) is 23.0 Å². The number of ether oxygens (including phenoxy) is 4. The van der Waals surface area contributed by atoms with Crippen LogP contribution in [0.15, 0.2) is 121 Å². The molecule has 6 aromatic rings. The van der Waals surface area contributed by atoms with Gasteiger partial charge in [-0.05, 0) is 141 Å². The fourth-order valence-electron chi connectivity index (χ4n) is 6.41. The van der Waals surface area contributed by atoms with Gasteiger partial charge in [-0.1, -0.05) is 138 Å². The van der Waals surface area contributed by atoms with Crippen molar-refractivity contribution in [2.24, 2.45) is 0 Å². The van der Waals surface area contributed by atoms with Crippen LogP contribution in [-0.4, -0.2) is 32.1 Å². The number of aliphatic hydroxyl groups excluding tert-OH is 1. The van der Waals surface area contributed by atoms with E-state index in [1.165, 1.54) is 68.8 Å². The molecule has 78 heavy (non-hydrogen) atoms. The third-order valence-electron chi connectivity index (χ3n) is 11.0. The van der Waals surface area contributed by atoms with Crippen molar-refractivity contribution < 1.29 is 84.0 Å². The van der Waals surface area contributed by atoms with Crippen LogP contribution in [0.3, 0.4) is 0 Å². The second kappa shape index (κ2) is 32.5. The van der Waals surface area contributed by atoms with Gasteiger partial charge >= 0.3 is 18.9 Å². The van der Waals surface area contributed by atoms with E-state index in [4.69, 9.17) is 14.6 Å². The fraction of sp³-hybridized carbons (Fsp3) is 0.400. The van der Waals surface area contributed by atoms with Crippen LogP contribution in [0.4, 0.5) is 57.1 Å². The molecule has 0 heterocycles. The van der Waals surface area contributed by atoms with Gasteiger partial charge in [0.25, 0.3) is 0 Å². The van der Waals surface area contributed by atoms with Gasteiger partial charge in [0.2, 0.25) is 0 Å². The van der Waals surface area contributed by atoms with Crippen LogP contribution >= 0.6 is 0 Å². The first-order chi connectivity index (χ1) is 36.0. The van der Waals surface area contributed by atoms with Crippen LogP contribution in [0.1, 0.15) is 166 Å². The molecule has 6 aromatic carbocycles. The van der Waals surface area contributed by atoms with E-state index in [2.05, 4.69) is 23.3 Å². The van der Waals surface area contributed by atoms with Gasteiger partial charge in [0.1, 0.15) is 11.6 Å². The fourth-order valence-corrected chi connectivity index (χ4v) is 6.41. The minimum absolute atomic E-state index is 0. The summed E-state index contributed by atoms with van der Waals surface area (Å²) in [5, 5.41) is 8.80. The zero-order chi connectivity index (χ0) is 59.9. The van der Waals surface area contributed by atoms with Crippen molar-refractivity contribution in [1.82, 2.24) is 0 Å². The van der Waals surface area contributed by atoms with Crippen molar-refractivity contribution in [2.75, 3.05) is 14.2 Å². The number of halogens is 13. The molecule has 0 radical (unpaired) electrons. The maximum absolute atomic E-state index is 13.1. The molecule has 0 amide bonds. The summed E-state index contributed by atoms with van der Waals surface area (Å²) in [5.41, 5.74) is 5.25. The summed E-state index contributed by atoms with van der Waals surface area (Å²) in [6.07, 6.45) is -13.7. The summed E-state index contributed by atoms with van der Waals surface area (Å²) in [7, 11) is 2.94. The second-order valence-electron chi connectivity index (χ2n) is 19.2. The van der Waals surface area contributed by atoms with E-state index < -0.39 is 36.0 Å². The highest BCUT2D eigenvalue weighted by Gasteiger charge is 2.33. The summed E-state index contributed by atoms with van der Waals surface area (Å²) in [6, 6.07) is 29.6. The first kappa shape index (κ1) is 69.6. The monoisotopic (exact) mass is 1120 g/mol. The average molecular weight is 1120 g/mol.